The molecule has 27 heavy (non-hydrogen) atoms. The number of hydrogen-bond donors (Lipinski definition) is 1. The second kappa shape index (κ2) is 8.93. The summed E-state index contributed by atoms with van der Waals surface area (Å²) in [5, 5.41) is 7.19. The van der Waals surface area contributed by atoms with Crippen LogP contribution in [-0.4, -0.2) is 34.3 Å². The summed E-state index contributed by atoms with van der Waals surface area (Å²) >= 11 is 5.20. The molecule has 0 unspecified atom stereocenters. The van der Waals surface area contributed by atoms with Gasteiger partial charge in [0.1, 0.15) is 0 Å². The van der Waals surface area contributed by atoms with E-state index in [0.717, 1.165) is 18.4 Å². The zero-order valence-electron chi connectivity index (χ0n) is 15.0. The lowest BCUT2D eigenvalue weighted by atomic mass is 10.1. The number of nitrogens with one attached hydrogen (secondary N) is 1. The Bertz CT molecular complexity index is 807. The van der Waals surface area contributed by atoms with E-state index in [1.54, 1.807) is 0 Å². The van der Waals surface area contributed by atoms with Crippen molar-refractivity contribution in [3.05, 3.63) is 35.7 Å². The predicted molar refractivity (Wildman–Crippen MR) is 114 cm³/mol. The molecule has 2 fully saturated rings. The van der Waals surface area contributed by atoms with Gasteiger partial charge >= 0.3 is 6.72 Å². The smallest absolute Gasteiger partial charge is 0.327 e. The van der Waals surface area contributed by atoms with Crippen molar-refractivity contribution in [2.75, 3.05) is 18.1 Å². The molecule has 0 spiro atoms. The van der Waals surface area contributed by atoms with E-state index in [0.29, 0.717) is 34.7 Å². The molecule has 1 aliphatic carbocycles. The lowest BCUT2D eigenvalue weighted by Gasteiger charge is -2.16. The van der Waals surface area contributed by atoms with Crippen molar-refractivity contribution in [3.8, 4) is 11.4 Å². The van der Waals surface area contributed by atoms with Crippen LogP contribution in [0.25, 0.3) is 11.4 Å². The maximum atomic E-state index is 12.8. The Morgan fingerprint density at radius 3 is 2.70 bits per heavy atom. The maximum absolute atomic E-state index is 12.8. The fourth-order valence-electron chi connectivity index (χ4n) is 2.63. The summed E-state index contributed by atoms with van der Waals surface area (Å²) in [6.45, 7) is -0.674. The first-order valence-corrected chi connectivity index (χ1v) is 14.3. The zero-order valence-corrected chi connectivity index (χ0v) is 18.3. The normalized spacial score (nSPS) is 20.0. The largest absolute Gasteiger partial charge is 0.338 e. The van der Waals surface area contributed by atoms with E-state index in [1.165, 1.54) is 28.5 Å². The molecule has 1 aromatic heterocycles. The minimum atomic E-state index is -2.93. The number of nitrogens with zero attached hydrogens (tertiary/aromatic N) is 2. The average molecular weight is 444 g/mol. The second-order valence-electron chi connectivity index (χ2n) is 6.30. The summed E-state index contributed by atoms with van der Waals surface area (Å²) in [6.07, 6.45) is 2.10. The molecule has 146 valence electrons. The van der Waals surface area contributed by atoms with E-state index < -0.39 is 6.72 Å². The van der Waals surface area contributed by atoms with Gasteiger partial charge in [0.15, 0.2) is 0 Å². The highest BCUT2D eigenvalue weighted by atomic mass is 32.7. The number of benzene rings is 1. The van der Waals surface area contributed by atoms with E-state index in [2.05, 4.69) is 27.4 Å². The van der Waals surface area contributed by atoms with E-state index in [9.17, 15) is 4.57 Å². The molecule has 2 aromatic rings. The first-order valence-electron chi connectivity index (χ1n) is 8.98. The molecule has 2 heterocycles. The van der Waals surface area contributed by atoms with Gasteiger partial charge in [-0.25, -0.2) is 5.09 Å². The Morgan fingerprint density at radius 2 is 2.04 bits per heavy atom. The summed E-state index contributed by atoms with van der Waals surface area (Å²) in [4.78, 5) is 4.45. The molecule has 1 aromatic carbocycles. The molecule has 0 bridgehead atoms. The van der Waals surface area contributed by atoms with E-state index >= 15 is 0 Å². The number of rotatable bonds is 9. The summed E-state index contributed by atoms with van der Waals surface area (Å²) in [5.41, 5.74) is 2.25. The molecule has 6 nitrogen and oxygen atoms in total. The fraction of sp³-hybridized carbons (Fsp3) is 0.529. The fourth-order valence-corrected chi connectivity index (χ4v) is 9.21. The van der Waals surface area contributed by atoms with Crippen molar-refractivity contribution in [1.29, 1.82) is 0 Å². The molecule has 2 aliphatic rings. The third-order valence-corrected chi connectivity index (χ3v) is 11.2. The van der Waals surface area contributed by atoms with Gasteiger partial charge in [-0.1, -0.05) is 29.4 Å². The summed E-state index contributed by atoms with van der Waals surface area (Å²) in [6, 6.07) is 8.66. The van der Waals surface area contributed by atoms with E-state index in [-0.39, 0.29) is 0 Å². The molecule has 1 atom stereocenters. The van der Waals surface area contributed by atoms with Crippen molar-refractivity contribution in [3.63, 3.8) is 0 Å². The molecule has 0 radical (unpaired) electrons. The summed E-state index contributed by atoms with van der Waals surface area (Å²) in [5.74, 6) is 3.80. The number of aromatic nitrogens is 2. The standard InChI is InChI=1S/C17H22N3O3PS3/c1-2-22-24(21,20-14-7-8-14)27-11-15-18-16(19-23-15)12-3-5-13(6-4-12)17-25-9-10-26-17/h3-6,14,17H,2,7-11H2,1H3,(H,20,21)/t24-/m0/s1. The zero-order chi connectivity index (χ0) is 18.7. The van der Waals surface area contributed by atoms with Gasteiger partial charge in [-0.05, 0) is 36.7 Å². The van der Waals surface area contributed by atoms with Gasteiger partial charge in [0.25, 0.3) is 0 Å². The van der Waals surface area contributed by atoms with Gasteiger partial charge in [-0.3, -0.25) is 4.57 Å². The Labute approximate surface area is 171 Å². The van der Waals surface area contributed by atoms with Gasteiger partial charge in [0, 0.05) is 23.1 Å². The van der Waals surface area contributed by atoms with Crippen LogP contribution in [0.4, 0.5) is 0 Å². The van der Waals surface area contributed by atoms with Crippen molar-refractivity contribution in [2.24, 2.45) is 0 Å². The van der Waals surface area contributed by atoms with Crippen molar-refractivity contribution < 1.29 is 13.6 Å². The SMILES string of the molecule is CCO[P@@](=O)(NC1CC1)SCc1nc(-c2ccc(C3SCCS3)cc2)no1. The van der Waals surface area contributed by atoms with Crippen LogP contribution in [0, 0.1) is 0 Å². The summed E-state index contributed by atoms with van der Waals surface area (Å²) in [7, 11) is 0. The molecule has 4 rings (SSSR count). The molecular formula is C17H22N3O3PS3. The van der Waals surface area contributed by atoms with Crippen LogP contribution in [0.3, 0.4) is 0 Å². The Balaban J connectivity index is 1.38. The predicted octanol–water partition coefficient (Wildman–Crippen LogP) is 5.35. The van der Waals surface area contributed by atoms with Crippen LogP contribution in [0.15, 0.2) is 28.8 Å². The molecule has 10 heteroatoms. The molecule has 1 saturated carbocycles. The van der Waals surface area contributed by atoms with Crippen molar-refractivity contribution >= 4 is 41.6 Å². The minimum absolute atomic E-state index is 0.308. The second-order valence-corrected chi connectivity index (χ2v) is 13.3. The monoisotopic (exact) mass is 443 g/mol. The Hall–Kier alpha value is -0.440. The third kappa shape index (κ3) is 5.34. The topological polar surface area (TPSA) is 77.2 Å². The quantitative estimate of drug-likeness (QED) is 0.516. The van der Waals surface area contributed by atoms with Gasteiger partial charge in [0.05, 0.1) is 16.9 Å². The van der Waals surface area contributed by atoms with Crippen molar-refractivity contribution in [1.82, 2.24) is 15.2 Å². The first kappa shape index (κ1) is 19.9. The maximum Gasteiger partial charge on any atom is 0.327 e. The van der Waals surface area contributed by atoms with Gasteiger partial charge in [-0.15, -0.1) is 23.5 Å². The molecule has 1 saturated heterocycles. The number of thioether (sulfide) groups is 2. The highest BCUT2D eigenvalue weighted by Crippen LogP contribution is 2.58. The van der Waals surface area contributed by atoms with Crippen molar-refractivity contribution in [2.45, 2.75) is 36.1 Å². The Morgan fingerprint density at radius 1 is 1.30 bits per heavy atom. The van der Waals surface area contributed by atoms with Crippen LogP contribution in [-0.2, 0) is 14.8 Å². The van der Waals surface area contributed by atoms with Crippen LogP contribution in [0.1, 0.15) is 35.8 Å². The molecule has 0 amide bonds. The van der Waals surface area contributed by atoms with E-state index in [4.69, 9.17) is 9.05 Å². The van der Waals surface area contributed by atoms with Gasteiger partial charge in [0.2, 0.25) is 11.7 Å². The average Bonchev–Trinajstić information content (AvgIpc) is 3.15. The molecule has 1 aliphatic heterocycles. The highest BCUT2D eigenvalue weighted by molar-refractivity contribution is 8.55. The van der Waals surface area contributed by atoms with E-state index in [1.807, 2.05) is 42.6 Å². The number of hydrogen-bond acceptors (Lipinski definition) is 8. The van der Waals surface area contributed by atoms with Gasteiger partial charge < -0.3 is 9.05 Å². The lowest BCUT2D eigenvalue weighted by molar-refractivity contribution is 0.337. The Kier molecular flexibility index (Phi) is 6.57. The molecule has 1 N–H and O–H groups in total. The van der Waals surface area contributed by atoms with Gasteiger partial charge in [-0.2, -0.15) is 4.98 Å². The third-order valence-electron chi connectivity index (χ3n) is 4.11. The summed E-state index contributed by atoms with van der Waals surface area (Å²) < 4.78 is 24.2. The lowest BCUT2D eigenvalue weighted by Crippen LogP contribution is -2.13. The minimum Gasteiger partial charge on any atom is -0.338 e. The highest BCUT2D eigenvalue weighted by Gasteiger charge is 2.33. The first-order chi connectivity index (χ1) is 13.1. The van der Waals surface area contributed by atoms with Crippen LogP contribution >= 0.6 is 41.6 Å². The van der Waals surface area contributed by atoms with Crippen LogP contribution in [0.5, 0.6) is 0 Å². The van der Waals surface area contributed by atoms with Crippen LogP contribution in [0.2, 0.25) is 0 Å². The molecular weight excluding hydrogens is 421 g/mol. The van der Waals surface area contributed by atoms with Crippen LogP contribution < -0.4 is 5.09 Å².